The van der Waals surface area contributed by atoms with Crippen molar-refractivity contribution in [3.8, 4) is 0 Å². The number of hydrogen-bond donors (Lipinski definition) is 1. The third-order valence-corrected chi connectivity index (χ3v) is 4.40. The van der Waals surface area contributed by atoms with Gasteiger partial charge >= 0.3 is 0 Å². The van der Waals surface area contributed by atoms with Crippen molar-refractivity contribution >= 4 is 5.91 Å². The van der Waals surface area contributed by atoms with E-state index in [-0.39, 0.29) is 23.9 Å². The molecule has 0 unspecified atom stereocenters. The van der Waals surface area contributed by atoms with E-state index in [1.165, 1.54) is 12.1 Å². The van der Waals surface area contributed by atoms with Crippen LogP contribution in [0.25, 0.3) is 0 Å². The van der Waals surface area contributed by atoms with E-state index in [0.717, 1.165) is 31.6 Å². The summed E-state index contributed by atoms with van der Waals surface area (Å²) in [6, 6.07) is 6.67. The first-order valence-electron chi connectivity index (χ1n) is 7.47. The van der Waals surface area contributed by atoms with Gasteiger partial charge < -0.3 is 10.1 Å². The smallest absolute Gasteiger partial charge is 0.222 e. The Bertz CT molecular complexity index is 492. The predicted molar refractivity (Wildman–Crippen MR) is 77.1 cm³/mol. The molecule has 0 saturated carbocycles. The van der Waals surface area contributed by atoms with Crippen molar-refractivity contribution in [2.24, 2.45) is 5.92 Å². The zero-order valence-electron chi connectivity index (χ0n) is 12.2. The Kier molecular flexibility index (Phi) is 4.22. The molecule has 0 spiro atoms. The Morgan fingerprint density at radius 3 is 2.81 bits per heavy atom. The molecule has 3 rings (SSSR count). The van der Waals surface area contributed by atoms with Crippen LogP contribution in [0.5, 0.6) is 0 Å². The van der Waals surface area contributed by atoms with Gasteiger partial charge in [-0.1, -0.05) is 12.1 Å². The zero-order chi connectivity index (χ0) is 14.8. The molecule has 1 aromatic rings. The molecule has 1 N–H and O–H groups in total. The van der Waals surface area contributed by atoms with Gasteiger partial charge in [0.15, 0.2) is 0 Å². The summed E-state index contributed by atoms with van der Waals surface area (Å²) >= 11 is 0. The fraction of sp³-hybridized carbons (Fsp3) is 0.562. The van der Waals surface area contributed by atoms with Gasteiger partial charge in [0.25, 0.3) is 0 Å². The maximum Gasteiger partial charge on any atom is 0.222 e. The molecule has 0 aromatic heterocycles. The molecule has 0 radical (unpaired) electrons. The zero-order valence-corrected chi connectivity index (χ0v) is 12.2. The Balaban J connectivity index is 1.50. The number of nitrogens with zero attached hydrogens (tertiary/aromatic N) is 1. The predicted octanol–water partition coefficient (Wildman–Crippen LogP) is 1.55. The van der Waals surface area contributed by atoms with Crippen LogP contribution >= 0.6 is 0 Å². The Morgan fingerprint density at radius 2 is 2.14 bits per heavy atom. The van der Waals surface area contributed by atoms with E-state index in [4.69, 9.17) is 4.74 Å². The minimum atomic E-state index is -0.197. The Morgan fingerprint density at radius 1 is 1.38 bits per heavy atom. The fourth-order valence-corrected chi connectivity index (χ4v) is 3.37. The Hall–Kier alpha value is -1.46. The van der Waals surface area contributed by atoms with E-state index in [0.29, 0.717) is 12.3 Å². The summed E-state index contributed by atoms with van der Waals surface area (Å²) in [6.07, 6.45) is 1.72. The summed E-state index contributed by atoms with van der Waals surface area (Å²) in [5, 5.41) is 2.64. The molecule has 5 heteroatoms. The van der Waals surface area contributed by atoms with Gasteiger partial charge in [0.05, 0.1) is 18.6 Å². The molecule has 2 aliphatic heterocycles. The highest BCUT2D eigenvalue weighted by molar-refractivity contribution is 5.76. The lowest BCUT2D eigenvalue weighted by molar-refractivity contribution is -0.123. The van der Waals surface area contributed by atoms with Gasteiger partial charge in [0.1, 0.15) is 5.82 Å². The normalized spacial score (nSPS) is 28.6. The number of nitrogens with one attached hydrogen (secondary N) is 1. The number of ether oxygens (including phenoxy) is 1. The van der Waals surface area contributed by atoms with Crippen LogP contribution in [0, 0.1) is 11.7 Å². The number of halogens is 1. The van der Waals surface area contributed by atoms with Crippen LogP contribution in [0.2, 0.25) is 0 Å². The van der Waals surface area contributed by atoms with E-state index in [9.17, 15) is 9.18 Å². The van der Waals surface area contributed by atoms with E-state index >= 15 is 0 Å². The Labute approximate surface area is 124 Å². The average molecular weight is 292 g/mol. The molecular formula is C16H21FN2O2. The van der Waals surface area contributed by atoms with Crippen molar-refractivity contribution in [1.82, 2.24) is 10.2 Å². The maximum atomic E-state index is 12.9. The van der Waals surface area contributed by atoms with Crippen LogP contribution < -0.4 is 5.32 Å². The highest BCUT2D eigenvalue weighted by atomic mass is 19.1. The largest absolute Gasteiger partial charge is 0.373 e. The first kappa shape index (κ1) is 14.5. The van der Waals surface area contributed by atoms with Crippen LogP contribution in [-0.4, -0.2) is 43.2 Å². The number of hydrogen-bond acceptors (Lipinski definition) is 3. The average Bonchev–Trinajstić information content (AvgIpc) is 2.99. The number of carbonyl (C=O) groups is 1. The number of fused-ring (bicyclic) bond motifs is 1. The molecule has 2 fully saturated rings. The lowest BCUT2D eigenvalue weighted by Crippen LogP contribution is -2.28. The van der Waals surface area contributed by atoms with Crippen molar-refractivity contribution < 1.29 is 13.9 Å². The molecule has 4 nitrogen and oxygen atoms in total. The molecule has 3 atom stereocenters. The van der Waals surface area contributed by atoms with Crippen molar-refractivity contribution in [3.63, 3.8) is 0 Å². The van der Waals surface area contributed by atoms with E-state index in [1.54, 1.807) is 7.05 Å². The molecule has 0 bridgehead atoms. The molecule has 2 heterocycles. The lowest BCUT2D eigenvalue weighted by atomic mass is 10.0. The number of benzene rings is 1. The van der Waals surface area contributed by atoms with Crippen LogP contribution in [0.1, 0.15) is 18.4 Å². The topological polar surface area (TPSA) is 41.6 Å². The molecule has 0 aliphatic carbocycles. The monoisotopic (exact) mass is 292 g/mol. The third-order valence-electron chi connectivity index (χ3n) is 4.40. The second kappa shape index (κ2) is 6.12. The van der Waals surface area contributed by atoms with Gasteiger partial charge in [-0.15, -0.1) is 0 Å². The molecule has 1 aromatic carbocycles. The lowest BCUT2D eigenvalue weighted by Gasteiger charge is -2.19. The van der Waals surface area contributed by atoms with Crippen LogP contribution in [0.15, 0.2) is 24.3 Å². The van der Waals surface area contributed by atoms with Gasteiger partial charge in [-0.05, 0) is 24.1 Å². The van der Waals surface area contributed by atoms with Gasteiger partial charge in [-0.3, -0.25) is 9.69 Å². The highest BCUT2D eigenvalue weighted by Crippen LogP contribution is 2.34. The summed E-state index contributed by atoms with van der Waals surface area (Å²) < 4.78 is 18.9. The molecule has 21 heavy (non-hydrogen) atoms. The minimum absolute atomic E-state index is 0.0446. The van der Waals surface area contributed by atoms with Crippen molar-refractivity contribution in [3.05, 3.63) is 35.6 Å². The summed E-state index contributed by atoms with van der Waals surface area (Å²) in [7, 11) is 1.66. The first-order chi connectivity index (χ1) is 10.1. The fourth-order valence-electron chi connectivity index (χ4n) is 3.37. The summed E-state index contributed by atoms with van der Waals surface area (Å²) in [6.45, 7) is 2.72. The quantitative estimate of drug-likeness (QED) is 0.915. The standard InChI is InChI=1S/C16H21FN2O2/c1-18-16(20)7-14-6-12-9-19(10-15(12)21-14)8-11-2-4-13(17)5-3-11/h2-5,12,14-15H,6-10H2,1H3,(H,18,20)/t12-,14+,15+/m1/s1. The second-order valence-corrected chi connectivity index (χ2v) is 5.99. The van der Waals surface area contributed by atoms with Crippen LogP contribution in [0.3, 0.4) is 0 Å². The number of amides is 1. The summed E-state index contributed by atoms with van der Waals surface area (Å²) in [5.41, 5.74) is 1.12. The summed E-state index contributed by atoms with van der Waals surface area (Å²) in [5.74, 6) is 0.362. The van der Waals surface area contributed by atoms with E-state index in [2.05, 4.69) is 10.2 Å². The van der Waals surface area contributed by atoms with Crippen molar-refractivity contribution in [2.75, 3.05) is 20.1 Å². The number of likely N-dealkylation sites (tertiary alicyclic amines) is 1. The van der Waals surface area contributed by atoms with Crippen molar-refractivity contribution in [2.45, 2.75) is 31.6 Å². The number of rotatable bonds is 4. The molecule has 2 saturated heterocycles. The molecule has 1 amide bonds. The van der Waals surface area contributed by atoms with Crippen LogP contribution in [-0.2, 0) is 16.1 Å². The minimum Gasteiger partial charge on any atom is -0.373 e. The van der Waals surface area contributed by atoms with E-state index < -0.39 is 0 Å². The van der Waals surface area contributed by atoms with E-state index in [1.807, 2.05) is 12.1 Å². The van der Waals surface area contributed by atoms with Gasteiger partial charge in [0.2, 0.25) is 5.91 Å². The first-order valence-corrected chi connectivity index (χ1v) is 7.47. The van der Waals surface area contributed by atoms with Gasteiger partial charge in [-0.25, -0.2) is 4.39 Å². The highest BCUT2D eigenvalue weighted by Gasteiger charge is 2.42. The number of carbonyl (C=O) groups excluding carboxylic acids is 1. The SMILES string of the molecule is CNC(=O)C[C@@H]1C[C@@H]2CN(Cc3ccc(F)cc3)C[C@@H]2O1. The third kappa shape index (κ3) is 3.41. The summed E-state index contributed by atoms with van der Waals surface area (Å²) in [4.78, 5) is 13.7. The molecule has 2 aliphatic rings. The van der Waals surface area contributed by atoms with Crippen molar-refractivity contribution in [1.29, 1.82) is 0 Å². The van der Waals surface area contributed by atoms with Gasteiger partial charge in [0, 0.05) is 32.6 Å². The molecular weight excluding hydrogens is 271 g/mol. The van der Waals surface area contributed by atoms with Gasteiger partial charge in [-0.2, -0.15) is 0 Å². The maximum absolute atomic E-state index is 12.9. The van der Waals surface area contributed by atoms with Crippen LogP contribution in [0.4, 0.5) is 4.39 Å². The second-order valence-electron chi connectivity index (χ2n) is 5.99. The molecule has 114 valence electrons.